The number of benzene rings is 2. The van der Waals surface area contributed by atoms with Crippen LogP contribution in [-0.4, -0.2) is 29.2 Å². The highest BCUT2D eigenvalue weighted by Gasteiger charge is 2.23. The highest BCUT2D eigenvalue weighted by atomic mass is 32.2. The average molecular weight is 391 g/mol. The van der Waals surface area contributed by atoms with E-state index in [1.54, 1.807) is 46.0 Å². The third-order valence-corrected chi connectivity index (χ3v) is 4.80. The Hall–Kier alpha value is -2.54. The molecule has 0 bridgehead atoms. The van der Waals surface area contributed by atoms with Crippen LogP contribution in [0.25, 0.3) is 0 Å². The van der Waals surface area contributed by atoms with Gasteiger partial charge in [0, 0.05) is 18.2 Å². The zero-order valence-corrected chi connectivity index (χ0v) is 17.1. The lowest BCUT2D eigenvalue weighted by Crippen LogP contribution is -2.34. The summed E-state index contributed by atoms with van der Waals surface area (Å²) in [5.41, 5.74) is 0.730. The molecule has 1 atom stereocenters. The van der Waals surface area contributed by atoms with Gasteiger partial charge in [0.05, 0.1) is 15.4 Å². The van der Waals surface area contributed by atoms with E-state index in [0.29, 0.717) is 22.9 Å². The summed E-state index contributed by atoms with van der Waals surface area (Å²) in [6, 6.07) is 14.4. The lowest BCUT2D eigenvalue weighted by atomic mass is 10.2. The van der Waals surface area contributed by atoms with Crippen LogP contribution in [0.3, 0.4) is 0 Å². The van der Waals surface area contributed by atoms with Crippen LogP contribution in [0.5, 0.6) is 5.75 Å². The molecule has 2 aromatic rings. The molecule has 0 radical (unpaired) electrons. The van der Waals surface area contributed by atoms with E-state index in [-0.39, 0.29) is 0 Å². The summed E-state index contributed by atoms with van der Waals surface area (Å²) in [5, 5.41) is 0. The lowest BCUT2D eigenvalue weighted by Gasteiger charge is -2.26. The van der Waals surface area contributed by atoms with Crippen molar-refractivity contribution in [3.63, 3.8) is 0 Å². The Morgan fingerprint density at radius 3 is 2.33 bits per heavy atom. The molecular weight excluding hydrogens is 364 g/mol. The topological polar surface area (TPSA) is 79.7 Å². The Bertz CT molecular complexity index is 903. The Morgan fingerprint density at radius 1 is 1.15 bits per heavy atom. The molecule has 6 nitrogen and oxygen atoms in total. The van der Waals surface area contributed by atoms with Gasteiger partial charge in [0.2, 0.25) is 0 Å². The van der Waals surface area contributed by atoms with Crippen LogP contribution in [-0.2, 0) is 21.1 Å². The number of hydrogen-bond donors (Lipinski definition) is 1. The number of anilines is 1. The zero-order chi connectivity index (χ0) is 20.2. The van der Waals surface area contributed by atoms with Crippen molar-refractivity contribution >= 4 is 21.5 Å². The largest absolute Gasteiger partial charge is 0.487 e. The smallest absolute Gasteiger partial charge is 0.414 e. The number of ether oxygens (including phenoxy) is 2. The molecule has 1 N–H and O–H groups in total. The minimum Gasteiger partial charge on any atom is -0.487 e. The van der Waals surface area contributed by atoms with E-state index in [0.717, 1.165) is 5.56 Å². The van der Waals surface area contributed by atoms with Gasteiger partial charge in [-0.05, 0) is 44.5 Å². The van der Waals surface area contributed by atoms with E-state index in [9.17, 15) is 9.00 Å². The van der Waals surface area contributed by atoms with E-state index < -0.39 is 21.4 Å². The molecule has 0 saturated carbocycles. The van der Waals surface area contributed by atoms with Gasteiger partial charge < -0.3 is 9.47 Å². The van der Waals surface area contributed by atoms with E-state index >= 15 is 0 Å². The Balaban J connectivity index is 2.36. The molecule has 1 amide bonds. The maximum atomic E-state index is 12.5. The first-order valence-electron chi connectivity index (χ1n) is 8.49. The second-order valence-corrected chi connectivity index (χ2v) is 9.45. The van der Waals surface area contributed by atoms with Crippen molar-refractivity contribution in [1.29, 1.82) is 4.78 Å². The van der Waals surface area contributed by atoms with Crippen molar-refractivity contribution in [3.8, 4) is 5.75 Å². The fourth-order valence-electron chi connectivity index (χ4n) is 2.29. The second-order valence-electron chi connectivity index (χ2n) is 7.29. The molecular formula is C20H26N2O4S. The van der Waals surface area contributed by atoms with E-state index in [2.05, 4.69) is 0 Å². The van der Waals surface area contributed by atoms with E-state index in [4.69, 9.17) is 14.3 Å². The molecule has 27 heavy (non-hydrogen) atoms. The molecule has 2 rings (SSSR count). The van der Waals surface area contributed by atoms with Crippen LogP contribution < -0.4 is 9.64 Å². The van der Waals surface area contributed by atoms with Gasteiger partial charge in [-0.3, -0.25) is 4.90 Å². The molecule has 7 heteroatoms. The molecule has 0 aromatic heterocycles. The van der Waals surface area contributed by atoms with Gasteiger partial charge in [-0.15, -0.1) is 0 Å². The fraction of sp³-hybridized carbons (Fsp3) is 0.350. The zero-order valence-electron chi connectivity index (χ0n) is 16.3. The van der Waals surface area contributed by atoms with Crippen LogP contribution in [0.4, 0.5) is 10.5 Å². The summed E-state index contributed by atoms with van der Waals surface area (Å²) in [6.45, 7) is 5.66. The van der Waals surface area contributed by atoms with Gasteiger partial charge in [-0.25, -0.2) is 13.8 Å². The minimum absolute atomic E-state index is 0.317. The van der Waals surface area contributed by atoms with E-state index in [1.807, 2.05) is 30.3 Å². The van der Waals surface area contributed by atoms with Gasteiger partial charge in [-0.2, -0.15) is 0 Å². The lowest BCUT2D eigenvalue weighted by molar-refractivity contribution is 0.0588. The molecule has 146 valence electrons. The first-order chi connectivity index (χ1) is 12.5. The number of carbonyl (C=O) groups is 1. The molecule has 0 fully saturated rings. The van der Waals surface area contributed by atoms with Gasteiger partial charge in [0.1, 0.15) is 18.0 Å². The van der Waals surface area contributed by atoms with Crippen molar-refractivity contribution in [2.24, 2.45) is 0 Å². The SMILES string of the molecule is CN(C(=O)OC(C)(C)C)c1cc(S(C)(=N)=O)ccc1OCc1ccccc1. The molecule has 0 spiro atoms. The summed E-state index contributed by atoms with van der Waals surface area (Å²) in [4.78, 5) is 14.1. The van der Waals surface area contributed by atoms with Crippen LogP contribution in [0, 0.1) is 4.78 Å². The highest BCUT2D eigenvalue weighted by molar-refractivity contribution is 7.91. The van der Waals surface area contributed by atoms with Gasteiger partial charge in [-0.1, -0.05) is 30.3 Å². The molecule has 0 heterocycles. The Labute approximate surface area is 161 Å². The number of hydrogen-bond acceptors (Lipinski definition) is 5. The minimum atomic E-state index is -2.94. The van der Waals surface area contributed by atoms with Crippen LogP contribution in [0.1, 0.15) is 26.3 Å². The van der Waals surface area contributed by atoms with Crippen molar-refractivity contribution in [2.45, 2.75) is 37.9 Å². The molecule has 0 aliphatic heterocycles. The van der Waals surface area contributed by atoms with Crippen LogP contribution in [0.2, 0.25) is 0 Å². The van der Waals surface area contributed by atoms with Gasteiger partial charge in [0.15, 0.2) is 0 Å². The number of amides is 1. The van der Waals surface area contributed by atoms with Crippen LogP contribution in [0.15, 0.2) is 53.4 Å². The third kappa shape index (κ3) is 5.99. The Morgan fingerprint density at radius 2 is 1.78 bits per heavy atom. The van der Waals surface area contributed by atoms with E-state index in [1.165, 1.54) is 11.2 Å². The second kappa shape index (κ2) is 8.00. The summed E-state index contributed by atoms with van der Waals surface area (Å²) < 4.78 is 31.3. The fourth-order valence-corrected chi connectivity index (χ4v) is 2.95. The maximum Gasteiger partial charge on any atom is 0.414 e. The maximum absolute atomic E-state index is 12.5. The molecule has 1 unspecified atom stereocenters. The standard InChI is InChI=1S/C20H26N2O4S/c1-20(2,3)26-19(23)22(4)17-13-16(27(5,21)24)11-12-18(17)25-14-15-9-7-6-8-10-15/h6-13,21H,14H2,1-5H3. The normalized spacial score (nSPS) is 13.5. The summed E-state index contributed by atoms with van der Waals surface area (Å²) in [6.07, 6.45) is 0.779. The van der Waals surface area contributed by atoms with Crippen molar-refractivity contribution in [2.75, 3.05) is 18.2 Å². The first kappa shape index (κ1) is 20.8. The third-order valence-electron chi connectivity index (χ3n) is 3.65. The van der Waals surface area contributed by atoms with Crippen molar-refractivity contribution in [3.05, 3.63) is 54.1 Å². The highest BCUT2D eigenvalue weighted by Crippen LogP contribution is 2.32. The van der Waals surface area contributed by atoms with Gasteiger partial charge >= 0.3 is 6.09 Å². The number of nitrogens with one attached hydrogen (secondary N) is 1. The first-order valence-corrected chi connectivity index (χ1v) is 10.5. The number of nitrogens with zero attached hydrogens (tertiary/aromatic N) is 1. The van der Waals surface area contributed by atoms with Crippen molar-refractivity contribution in [1.82, 2.24) is 0 Å². The molecule has 2 aromatic carbocycles. The predicted octanol–water partition coefficient (Wildman–Crippen LogP) is 4.67. The summed E-state index contributed by atoms with van der Waals surface area (Å²) in [7, 11) is -1.38. The van der Waals surface area contributed by atoms with Gasteiger partial charge in [0.25, 0.3) is 0 Å². The molecule has 0 saturated heterocycles. The predicted molar refractivity (Wildman–Crippen MR) is 107 cm³/mol. The molecule has 0 aliphatic carbocycles. The number of rotatable bonds is 5. The average Bonchev–Trinajstić information content (AvgIpc) is 2.57. The summed E-state index contributed by atoms with van der Waals surface area (Å²) in [5.74, 6) is 0.444. The Kier molecular flexibility index (Phi) is 6.15. The summed E-state index contributed by atoms with van der Waals surface area (Å²) >= 11 is 0. The number of carbonyl (C=O) groups excluding carboxylic acids is 1. The quantitative estimate of drug-likeness (QED) is 0.804. The molecule has 0 aliphatic rings. The van der Waals surface area contributed by atoms with Crippen molar-refractivity contribution < 1.29 is 18.5 Å². The van der Waals surface area contributed by atoms with Crippen LogP contribution >= 0.6 is 0 Å². The monoisotopic (exact) mass is 390 g/mol.